The zero-order valence-electron chi connectivity index (χ0n) is 12.4. The maximum atomic E-state index is 5.26. The second-order valence-electron chi connectivity index (χ2n) is 5.66. The van der Waals surface area contributed by atoms with Gasteiger partial charge in [0.05, 0.1) is 13.3 Å². The third-order valence-electron chi connectivity index (χ3n) is 4.43. The van der Waals surface area contributed by atoms with Crippen molar-refractivity contribution in [1.29, 1.82) is 0 Å². The van der Waals surface area contributed by atoms with Crippen LogP contribution in [0, 0.1) is 0 Å². The van der Waals surface area contributed by atoms with E-state index in [0.717, 1.165) is 18.1 Å². The van der Waals surface area contributed by atoms with Gasteiger partial charge in [-0.3, -0.25) is 4.98 Å². The fourth-order valence-electron chi connectivity index (χ4n) is 3.21. The molecule has 1 aliphatic carbocycles. The summed E-state index contributed by atoms with van der Waals surface area (Å²) in [6, 6.07) is 8.50. The summed E-state index contributed by atoms with van der Waals surface area (Å²) in [6.45, 7) is 0.901. The van der Waals surface area contributed by atoms with Gasteiger partial charge in [-0.2, -0.15) is 0 Å². The highest BCUT2D eigenvalue weighted by Gasteiger charge is 2.35. The zero-order valence-corrected chi connectivity index (χ0v) is 12.4. The molecule has 1 fully saturated rings. The first kappa shape index (κ1) is 13.9. The monoisotopic (exact) mass is 283 g/mol. The van der Waals surface area contributed by atoms with Gasteiger partial charge in [0.1, 0.15) is 11.6 Å². The van der Waals surface area contributed by atoms with E-state index in [0.29, 0.717) is 0 Å². The average Bonchev–Trinajstić information content (AvgIpc) is 3.04. The molecule has 0 saturated heterocycles. The Kier molecular flexibility index (Phi) is 4.04. The maximum absolute atomic E-state index is 5.26. The molecule has 1 aromatic carbocycles. The quantitative estimate of drug-likeness (QED) is 0.913. The van der Waals surface area contributed by atoms with E-state index in [4.69, 9.17) is 4.74 Å². The Morgan fingerprint density at radius 1 is 1.14 bits per heavy atom. The number of nitrogens with zero attached hydrogens (tertiary/aromatic N) is 2. The molecule has 1 saturated carbocycles. The van der Waals surface area contributed by atoms with Gasteiger partial charge < -0.3 is 10.1 Å². The minimum atomic E-state index is 0.198. The van der Waals surface area contributed by atoms with Crippen LogP contribution in [0.15, 0.2) is 42.9 Å². The SMILES string of the molecule is COc1ccc(C2(CNc3cnccn3)CCCC2)cc1. The van der Waals surface area contributed by atoms with Crippen molar-refractivity contribution in [3.8, 4) is 5.75 Å². The minimum Gasteiger partial charge on any atom is -0.497 e. The molecule has 1 heterocycles. The largest absolute Gasteiger partial charge is 0.497 e. The summed E-state index contributed by atoms with van der Waals surface area (Å²) in [5, 5.41) is 3.45. The van der Waals surface area contributed by atoms with Crippen molar-refractivity contribution >= 4 is 5.82 Å². The lowest BCUT2D eigenvalue weighted by atomic mass is 9.79. The van der Waals surface area contributed by atoms with Crippen LogP contribution in [0.1, 0.15) is 31.2 Å². The van der Waals surface area contributed by atoms with Crippen LogP contribution >= 0.6 is 0 Å². The van der Waals surface area contributed by atoms with E-state index in [1.807, 2.05) is 0 Å². The van der Waals surface area contributed by atoms with Crippen molar-refractivity contribution in [2.45, 2.75) is 31.1 Å². The number of methoxy groups -OCH3 is 1. The Labute approximate surface area is 125 Å². The second-order valence-corrected chi connectivity index (χ2v) is 5.66. The first-order chi connectivity index (χ1) is 10.3. The summed E-state index contributed by atoms with van der Waals surface area (Å²) in [6.07, 6.45) is 10.2. The van der Waals surface area contributed by atoms with Crippen molar-refractivity contribution in [1.82, 2.24) is 9.97 Å². The first-order valence-electron chi connectivity index (χ1n) is 7.47. The van der Waals surface area contributed by atoms with Gasteiger partial charge in [0.25, 0.3) is 0 Å². The van der Waals surface area contributed by atoms with E-state index < -0.39 is 0 Å². The first-order valence-corrected chi connectivity index (χ1v) is 7.47. The lowest BCUT2D eigenvalue weighted by Gasteiger charge is -2.30. The lowest BCUT2D eigenvalue weighted by Crippen LogP contribution is -2.31. The molecule has 1 aliphatic rings. The number of benzene rings is 1. The highest BCUT2D eigenvalue weighted by molar-refractivity contribution is 5.37. The van der Waals surface area contributed by atoms with E-state index >= 15 is 0 Å². The predicted molar refractivity (Wildman–Crippen MR) is 83.7 cm³/mol. The summed E-state index contributed by atoms with van der Waals surface area (Å²) < 4.78 is 5.26. The molecule has 0 bridgehead atoms. The van der Waals surface area contributed by atoms with Crippen molar-refractivity contribution < 1.29 is 4.74 Å². The molecular weight excluding hydrogens is 262 g/mol. The molecule has 3 rings (SSSR count). The topological polar surface area (TPSA) is 47.0 Å². The highest BCUT2D eigenvalue weighted by Crippen LogP contribution is 2.41. The average molecular weight is 283 g/mol. The molecular formula is C17H21N3O. The summed E-state index contributed by atoms with van der Waals surface area (Å²) in [7, 11) is 1.70. The van der Waals surface area contributed by atoms with Gasteiger partial charge in [-0.05, 0) is 30.5 Å². The van der Waals surface area contributed by atoms with Crippen LogP contribution in [0.5, 0.6) is 5.75 Å². The van der Waals surface area contributed by atoms with Crippen LogP contribution in [0.3, 0.4) is 0 Å². The molecule has 4 heteroatoms. The smallest absolute Gasteiger partial charge is 0.144 e. The normalized spacial score (nSPS) is 16.6. The summed E-state index contributed by atoms with van der Waals surface area (Å²) in [5.41, 5.74) is 1.58. The lowest BCUT2D eigenvalue weighted by molar-refractivity contribution is 0.413. The molecule has 2 aromatic rings. The van der Waals surface area contributed by atoms with Crippen molar-refractivity contribution in [3.05, 3.63) is 48.4 Å². The molecule has 0 atom stereocenters. The Hall–Kier alpha value is -2.10. The fraction of sp³-hybridized carbons (Fsp3) is 0.412. The van der Waals surface area contributed by atoms with Crippen LogP contribution in [0.4, 0.5) is 5.82 Å². The third kappa shape index (κ3) is 2.99. The van der Waals surface area contributed by atoms with Crippen LogP contribution in [0.25, 0.3) is 0 Å². The third-order valence-corrected chi connectivity index (χ3v) is 4.43. The van der Waals surface area contributed by atoms with Crippen molar-refractivity contribution in [3.63, 3.8) is 0 Å². The molecule has 110 valence electrons. The molecule has 0 unspecified atom stereocenters. The van der Waals surface area contributed by atoms with Crippen LogP contribution in [-0.2, 0) is 5.41 Å². The second kappa shape index (κ2) is 6.12. The van der Waals surface area contributed by atoms with Crippen LogP contribution in [-0.4, -0.2) is 23.6 Å². The van der Waals surface area contributed by atoms with Crippen molar-refractivity contribution in [2.24, 2.45) is 0 Å². The Bertz CT molecular complexity index is 562. The number of anilines is 1. The number of nitrogens with one attached hydrogen (secondary N) is 1. The molecule has 21 heavy (non-hydrogen) atoms. The van der Waals surface area contributed by atoms with Gasteiger partial charge in [0, 0.05) is 24.4 Å². The Morgan fingerprint density at radius 3 is 2.52 bits per heavy atom. The van der Waals surface area contributed by atoms with Gasteiger partial charge in [0.2, 0.25) is 0 Å². The highest BCUT2D eigenvalue weighted by atomic mass is 16.5. The Balaban J connectivity index is 1.78. The van der Waals surface area contributed by atoms with Gasteiger partial charge in [-0.15, -0.1) is 0 Å². The van der Waals surface area contributed by atoms with E-state index in [1.54, 1.807) is 25.7 Å². The van der Waals surface area contributed by atoms with E-state index in [-0.39, 0.29) is 5.41 Å². The molecule has 0 spiro atoms. The van der Waals surface area contributed by atoms with E-state index in [2.05, 4.69) is 39.6 Å². The number of ether oxygens (including phenoxy) is 1. The summed E-state index contributed by atoms with van der Waals surface area (Å²) in [5.74, 6) is 1.76. The summed E-state index contributed by atoms with van der Waals surface area (Å²) >= 11 is 0. The van der Waals surface area contributed by atoms with Crippen LogP contribution < -0.4 is 10.1 Å². The number of hydrogen-bond donors (Lipinski definition) is 1. The molecule has 1 N–H and O–H groups in total. The van der Waals surface area contributed by atoms with Gasteiger partial charge in [0.15, 0.2) is 0 Å². The molecule has 0 radical (unpaired) electrons. The summed E-state index contributed by atoms with van der Waals surface area (Å²) in [4.78, 5) is 8.40. The van der Waals surface area contributed by atoms with Crippen LogP contribution in [0.2, 0.25) is 0 Å². The molecule has 0 amide bonds. The maximum Gasteiger partial charge on any atom is 0.144 e. The van der Waals surface area contributed by atoms with E-state index in [9.17, 15) is 0 Å². The minimum absolute atomic E-state index is 0.198. The zero-order chi connectivity index (χ0) is 14.5. The molecule has 1 aromatic heterocycles. The van der Waals surface area contributed by atoms with E-state index in [1.165, 1.54) is 31.2 Å². The predicted octanol–water partition coefficient (Wildman–Crippen LogP) is 3.41. The van der Waals surface area contributed by atoms with Gasteiger partial charge >= 0.3 is 0 Å². The standard InChI is InChI=1S/C17H21N3O/c1-21-15-6-4-14(5-7-15)17(8-2-3-9-17)13-20-16-12-18-10-11-19-16/h4-7,10-12H,2-3,8-9,13H2,1H3,(H,19,20). The van der Waals surface area contributed by atoms with Gasteiger partial charge in [-0.25, -0.2) is 4.98 Å². The molecule has 0 aliphatic heterocycles. The Morgan fingerprint density at radius 2 is 1.90 bits per heavy atom. The molecule has 4 nitrogen and oxygen atoms in total. The number of hydrogen-bond acceptors (Lipinski definition) is 4. The van der Waals surface area contributed by atoms with Crippen molar-refractivity contribution in [2.75, 3.05) is 19.0 Å². The fourth-order valence-corrected chi connectivity index (χ4v) is 3.21. The number of rotatable bonds is 5. The van der Waals surface area contributed by atoms with Gasteiger partial charge in [-0.1, -0.05) is 25.0 Å². The number of aromatic nitrogens is 2.